The number of esters is 1. The zero-order valence-electron chi connectivity index (χ0n) is 14.0. The van der Waals surface area contributed by atoms with Crippen molar-refractivity contribution in [2.24, 2.45) is 5.92 Å². The van der Waals surface area contributed by atoms with Crippen LogP contribution in [-0.2, 0) is 4.79 Å². The molecule has 0 saturated carbocycles. The molecule has 0 spiro atoms. The van der Waals surface area contributed by atoms with Gasteiger partial charge in [0.05, 0.1) is 5.60 Å². The van der Waals surface area contributed by atoms with Crippen LogP contribution in [-0.4, -0.2) is 40.6 Å². The van der Waals surface area contributed by atoms with E-state index in [0.29, 0.717) is 30.3 Å². The summed E-state index contributed by atoms with van der Waals surface area (Å²) >= 11 is 0. The average Bonchev–Trinajstić information content (AvgIpc) is 2.46. The third-order valence-electron chi connectivity index (χ3n) is 4.05. The van der Waals surface area contributed by atoms with Gasteiger partial charge in [0.2, 0.25) is 0 Å². The highest BCUT2D eigenvalue weighted by atomic mass is 16.5. The highest BCUT2D eigenvalue weighted by Crippen LogP contribution is 2.27. The van der Waals surface area contributed by atoms with Gasteiger partial charge in [0.25, 0.3) is 5.91 Å². The largest absolute Gasteiger partial charge is 0.427 e. The van der Waals surface area contributed by atoms with Crippen molar-refractivity contribution < 1.29 is 19.4 Å². The number of nitrogens with zero attached hydrogens (tertiary/aromatic N) is 1. The van der Waals surface area contributed by atoms with Crippen molar-refractivity contribution in [3.8, 4) is 5.75 Å². The van der Waals surface area contributed by atoms with Gasteiger partial charge in [-0.3, -0.25) is 9.59 Å². The minimum Gasteiger partial charge on any atom is -0.427 e. The molecule has 1 aromatic rings. The van der Waals surface area contributed by atoms with Gasteiger partial charge >= 0.3 is 5.97 Å². The lowest BCUT2D eigenvalue weighted by atomic mass is 9.86. The standard InChI is InChI=1S/C18H25NO4/c1-13(20)23-16-6-4-15(5-7-16)17(21)19-10-8-14(9-11-19)12-18(2,3)22/h4-7,14,22H,8-12H2,1-3H3. The number of hydrogen-bond acceptors (Lipinski definition) is 4. The molecule has 1 N–H and O–H groups in total. The van der Waals surface area contributed by atoms with Crippen LogP contribution in [0.1, 0.15) is 50.4 Å². The van der Waals surface area contributed by atoms with E-state index in [1.54, 1.807) is 24.3 Å². The Balaban J connectivity index is 1.90. The van der Waals surface area contributed by atoms with E-state index in [-0.39, 0.29) is 11.9 Å². The summed E-state index contributed by atoms with van der Waals surface area (Å²) in [5.41, 5.74) is -0.0505. The van der Waals surface area contributed by atoms with Crippen molar-refractivity contribution >= 4 is 11.9 Å². The first-order chi connectivity index (χ1) is 10.7. The van der Waals surface area contributed by atoms with E-state index >= 15 is 0 Å². The van der Waals surface area contributed by atoms with Crippen LogP contribution in [0.3, 0.4) is 0 Å². The maximum Gasteiger partial charge on any atom is 0.308 e. The predicted octanol–water partition coefficient (Wildman–Crippen LogP) is 2.63. The molecule has 2 rings (SSSR count). The summed E-state index contributed by atoms with van der Waals surface area (Å²) in [6, 6.07) is 6.64. The minimum atomic E-state index is -0.649. The SMILES string of the molecule is CC(=O)Oc1ccc(C(=O)N2CCC(CC(C)(C)O)CC2)cc1. The number of ether oxygens (including phenoxy) is 1. The number of carbonyl (C=O) groups is 2. The molecule has 1 aliphatic heterocycles. The lowest BCUT2D eigenvalue weighted by molar-refractivity contribution is -0.131. The number of likely N-dealkylation sites (tertiary alicyclic amines) is 1. The number of hydrogen-bond donors (Lipinski definition) is 1. The topological polar surface area (TPSA) is 66.8 Å². The van der Waals surface area contributed by atoms with Crippen molar-refractivity contribution in [3.05, 3.63) is 29.8 Å². The van der Waals surface area contributed by atoms with E-state index < -0.39 is 5.60 Å². The lowest BCUT2D eigenvalue weighted by Crippen LogP contribution is -2.40. The summed E-state index contributed by atoms with van der Waals surface area (Å²) in [7, 11) is 0. The van der Waals surface area contributed by atoms with Gasteiger partial charge in [-0.2, -0.15) is 0 Å². The maximum absolute atomic E-state index is 12.5. The fraction of sp³-hybridized carbons (Fsp3) is 0.556. The molecule has 1 heterocycles. The summed E-state index contributed by atoms with van der Waals surface area (Å²) < 4.78 is 4.97. The number of rotatable bonds is 4. The highest BCUT2D eigenvalue weighted by Gasteiger charge is 2.27. The maximum atomic E-state index is 12.5. The van der Waals surface area contributed by atoms with Gasteiger partial charge in [-0.25, -0.2) is 0 Å². The fourth-order valence-electron chi connectivity index (χ4n) is 3.06. The van der Waals surface area contributed by atoms with Crippen LogP contribution in [0.4, 0.5) is 0 Å². The van der Waals surface area contributed by atoms with E-state index in [1.165, 1.54) is 6.92 Å². The zero-order valence-corrected chi connectivity index (χ0v) is 14.0. The molecular weight excluding hydrogens is 294 g/mol. The zero-order chi connectivity index (χ0) is 17.0. The minimum absolute atomic E-state index is 0.00100. The first-order valence-electron chi connectivity index (χ1n) is 8.05. The van der Waals surface area contributed by atoms with Crippen LogP contribution in [0.2, 0.25) is 0 Å². The molecule has 1 aliphatic rings. The van der Waals surface area contributed by atoms with Gasteiger partial charge in [-0.05, 0) is 63.3 Å². The van der Waals surface area contributed by atoms with Gasteiger partial charge in [0.1, 0.15) is 5.75 Å². The van der Waals surface area contributed by atoms with Crippen LogP contribution in [0.5, 0.6) is 5.75 Å². The molecule has 5 nitrogen and oxygen atoms in total. The molecule has 0 bridgehead atoms. The van der Waals surface area contributed by atoms with Crippen molar-refractivity contribution in [1.82, 2.24) is 4.90 Å². The van der Waals surface area contributed by atoms with Crippen molar-refractivity contribution in [3.63, 3.8) is 0 Å². The number of aliphatic hydroxyl groups is 1. The van der Waals surface area contributed by atoms with Crippen molar-refractivity contribution in [2.75, 3.05) is 13.1 Å². The van der Waals surface area contributed by atoms with E-state index in [1.807, 2.05) is 18.7 Å². The molecule has 5 heteroatoms. The molecule has 1 amide bonds. The van der Waals surface area contributed by atoms with E-state index in [2.05, 4.69) is 0 Å². The molecule has 1 aromatic carbocycles. The number of carbonyl (C=O) groups excluding carboxylic acids is 2. The van der Waals surface area contributed by atoms with E-state index in [9.17, 15) is 14.7 Å². The smallest absolute Gasteiger partial charge is 0.308 e. The first-order valence-corrected chi connectivity index (χ1v) is 8.05. The van der Waals surface area contributed by atoms with Gasteiger partial charge in [0, 0.05) is 25.6 Å². The number of benzene rings is 1. The molecular formula is C18H25NO4. The monoisotopic (exact) mass is 319 g/mol. The first kappa shape index (κ1) is 17.5. The Labute approximate surface area is 137 Å². The fourth-order valence-corrected chi connectivity index (χ4v) is 3.06. The molecule has 0 aromatic heterocycles. The van der Waals surface area contributed by atoms with Gasteiger partial charge in [0.15, 0.2) is 0 Å². The van der Waals surface area contributed by atoms with E-state index in [0.717, 1.165) is 19.3 Å². The second-order valence-electron chi connectivity index (χ2n) is 6.87. The Morgan fingerprint density at radius 1 is 1.22 bits per heavy atom. The summed E-state index contributed by atoms with van der Waals surface area (Å²) in [6.45, 7) is 6.43. The Bertz CT molecular complexity index is 551. The quantitative estimate of drug-likeness (QED) is 0.684. The molecule has 0 atom stereocenters. The second kappa shape index (κ2) is 7.13. The Morgan fingerprint density at radius 3 is 2.26 bits per heavy atom. The predicted molar refractivity (Wildman–Crippen MR) is 87.3 cm³/mol. The lowest BCUT2D eigenvalue weighted by Gasteiger charge is -2.34. The normalized spacial score (nSPS) is 16.3. The number of amides is 1. The van der Waals surface area contributed by atoms with Crippen LogP contribution in [0.25, 0.3) is 0 Å². The summed E-state index contributed by atoms with van der Waals surface area (Å²) in [4.78, 5) is 25.2. The molecule has 23 heavy (non-hydrogen) atoms. The summed E-state index contributed by atoms with van der Waals surface area (Å²) in [5.74, 6) is 0.530. The summed E-state index contributed by atoms with van der Waals surface area (Å²) in [5, 5.41) is 9.89. The van der Waals surface area contributed by atoms with Crippen LogP contribution in [0, 0.1) is 5.92 Å². The molecule has 1 fully saturated rings. The Kier molecular flexibility index (Phi) is 5.42. The second-order valence-corrected chi connectivity index (χ2v) is 6.87. The average molecular weight is 319 g/mol. The third kappa shape index (κ3) is 5.36. The van der Waals surface area contributed by atoms with Gasteiger partial charge < -0.3 is 14.7 Å². The molecule has 0 radical (unpaired) electrons. The van der Waals surface area contributed by atoms with Crippen LogP contribution in [0.15, 0.2) is 24.3 Å². The van der Waals surface area contributed by atoms with Gasteiger partial charge in [-0.1, -0.05) is 0 Å². The highest BCUT2D eigenvalue weighted by molar-refractivity contribution is 5.94. The molecule has 126 valence electrons. The van der Waals surface area contributed by atoms with Crippen molar-refractivity contribution in [2.45, 2.75) is 45.6 Å². The van der Waals surface area contributed by atoms with Crippen molar-refractivity contribution in [1.29, 1.82) is 0 Å². The van der Waals surface area contributed by atoms with E-state index in [4.69, 9.17) is 4.74 Å². The van der Waals surface area contributed by atoms with Gasteiger partial charge in [-0.15, -0.1) is 0 Å². The Morgan fingerprint density at radius 2 is 1.78 bits per heavy atom. The molecule has 0 aliphatic carbocycles. The van der Waals surface area contributed by atoms with Crippen LogP contribution >= 0.6 is 0 Å². The molecule has 1 saturated heterocycles. The molecule has 0 unspecified atom stereocenters. The summed E-state index contributed by atoms with van der Waals surface area (Å²) in [6.07, 6.45) is 2.61. The Hall–Kier alpha value is -1.88. The van der Waals surface area contributed by atoms with Crippen LogP contribution < -0.4 is 4.74 Å². The number of piperidine rings is 1. The third-order valence-corrected chi connectivity index (χ3v) is 4.05.